The summed E-state index contributed by atoms with van der Waals surface area (Å²) in [7, 11) is 1.67. The number of aryl methyl sites for hydroxylation is 1. The average molecular weight is 254 g/mol. The number of thiazole rings is 1. The van der Waals surface area contributed by atoms with Crippen LogP contribution in [-0.2, 0) is 6.42 Å². The fourth-order valence-corrected chi connectivity index (χ4v) is 3.11. The normalized spacial score (nSPS) is 12.7. The van der Waals surface area contributed by atoms with Crippen LogP contribution >= 0.6 is 22.7 Å². The Bertz CT molecular complexity index is 464. The Hall–Kier alpha value is -0.910. The van der Waals surface area contributed by atoms with Gasteiger partial charge in [-0.15, -0.1) is 22.7 Å². The predicted octanol–water partition coefficient (Wildman–Crippen LogP) is 2.76. The van der Waals surface area contributed by atoms with E-state index < -0.39 is 0 Å². The quantitative estimate of drug-likeness (QED) is 0.912. The fraction of sp³-hybridized carbons (Fsp3) is 0.364. The maximum absolute atomic E-state index is 6.13. The molecule has 1 unspecified atom stereocenters. The van der Waals surface area contributed by atoms with Gasteiger partial charge in [-0.1, -0.05) is 0 Å². The Morgan fingerprint density at radius 3 is 2.81 bits per heavy atom. The molecule has 0 aliphatic heterocycles. The Labute approximate surface area is 103 Å². The lowest BCUT2D eigenvalue weighted by Crippen LogP contribution is -2.11. The summed E-state index contributed by atoms with van der Waals surface area (Å²) < 4.78 is 5.14. The van der Waals surface area contributed by atoms with E-state index in [1.165, 1.54) is 0 Å². The number of thiophene rings is 1. The first-order valence-electron chi connectivity index (χ1n) is 4.98. The molecule has 86 valence electrons. The first-order valence-corrected chi connectivity index (χ1v) is 6.74. The molecule has 16 heavy (non-hydrogen) atoms. The largest absolute Gasteiger partial charge is 0.496 e. The molecule has 0 aliphatic carbocycles. The predicted molar refractivity (Wildman–Crippen MR) is 68.4 cm³/mol. The van der Waals surface area contributed by atoms with Gasteiger partial charge in [0.05, 0.1) is 12.1 Å². The molecule has 0 bridgehead atoms. The van der Waals surface area contributed by atoms with E-state index in [0.717, 1.165) is 27.7 Å². The Balaban J connectivity index is 2.05. The molecule has 0 spiro atoms. The summed E-state index contributed by atoms with van der Waals surface area (Å²) in [6.07, 6.45) is 0.794. The van der Waals surface area contributed by atoms with Gasteiger partial charge in [-0.05, 0) is 13.0 Å². The van der Waals surface area contributed by atoms with Crippen molar-refractivity contribution in [2.24, 2.45) is 5.73 Å². The molecule has 2 rings (SSSR count). The molecule has 2 N–H and O–H groups in total. The SMILES string of the molecule is COc1csc(C(N)Cc2nc(C)cs2)c1. The minimum atomic E-state index is 0.0134. The second-order valence-electron chi connectivity index (χ2n) is 3.58. The topological polar surface area (TPSA) is 48.1 Å². The number of hydrogen-bond acceptors (Lipinski definition) is 5. The summed E-state index contributed by atoms with van der Waals surface area (Å²) in [4.78, 5) is 5.56. The zero-order valence-electron chi connectivity index (χ0n) is 9.27. The lowest BCUT2D eigenvalue weighted by Gasteiger charge is -2.06. The Morgan fingerprint density at radius 1 is 1.44 bits per heavy atom. The maximum Gasteiger partial charge on any atom is 0.129 e. The maximum atomic E-state index is 6.13. The summed E-state index contributed by atoms with van der Waals surface area (Å²) >= 11 is 3.30. The van der Waals surface area contributed by atoms with E-state index in [4.69, 9.17) is 10.5 Å². The molecular formula is C11H14N2OS2. The van der Waals surface area contributed by atoms with Crippen LogP contribution in [0.2, 0.25) is 0 Å². The van der Waals surface area contributed by atoms with Gasteiger partial charge in [-0.25, -0.2) is 4.98 Å². The van der Waals surface area contributed by atoms with E-state index in [-0.39, 0.29) is 6.04 Å². The van der Waals surface area contributed by atoms with Crippen molar-refractivity contribution in [3.63, 3.8) is 0 Å². The highest BCUT2D eigenvalue weighted by molar-refractivity contribution is 7.10. The Morgan fingerprint density at radius 2 is 2.25 bits per heavy atom. The van der Waals surface area contributed by atoms with E-state index in [9.17, 15) is 0 Å². The van der Waals surface area contributed by atoms with Crippen LogP contribution in [0.1, 0.15) is 21.6 Å². The molecule has 0 saturated heterocycles. The van der Waals surface area contributed by atoms with Crippen molar-refractivity contribution in [2.45, 2.75) is 19.4 Å². The molecule has 0 fully saturated rings. The zero-order valence-corrected chi connectivity index (χ0v) is 10.9. The number of ether oxygens (including phenoxy) is 1. The highest BCUT2D eigenvalue weighted by atomic mass is 32.1. The van der Waals surface area contributed by atoms with Crippen molar-refractivity contribution in [3.8, 4) is 5.75 Å². The Kier molecular flexibility index (Phi) is 3.58. The van der Waals surface area contributed by atoms with Gasteiger partial charge in [0.25, 0.3) is 0 Å². The summed E-state index contributed by atoms with van der Waals surface area (Å²) in [6, 6.07) is 2.01. The van der Waals surface area contributed by atoms with Gasteiger partial charge in [0, 0.05) is 33.8 Å². The first-order chi connectivity index (χ1) is 7.69. The summed E-state index contributed by atoms with van der Waals surface area (Å²) in [5.41, 5.74) is 7.19. The lowest BCUT2D eigenvalue weighted by molar-refractivity contribution is 0.416. The van der Waals surface area contributed by atoms with Gasteiger partial charge in [0.15, 0.2) is 0 Å². The van der Waals surface area contributed by atoms with Crippen LogP contribution in [0.3, 0.4) is 0 Å². The lowest BCUT2D eigenvalue weighted by atomic mass is 10.2. The van der Waals surface area contributed by atoms with Crippen molar-refractivity contribution in [1.29, 1.82) is 0 Å². The number of hydrogen-bond donors (Lipinski definition) is 1. The third-order valence-electron chi connectivity index (χ3n) is 2.26. The van der Waals surface area contributed by atoms with Crippen LogP contribution in [0.4, 0.5) is 0 Å². The summed E-state index contributed by atoms with van der Waals surface area (Å²) in [5, 5.41) is 5.12. The number of rotatable bonds is 4. The molecule has 0 amide bonds. The van der Waals surface area contributed by atoms with Gasteiger partial charge >= 0.3 is 0 Å². The van der Waals surface area contributed by atoms with Crippen molar-refractivity contribution in [1.82, 2.24) is 4.98 Å². The highest BCUT2D eigenvalue weighted by Crippen LogP contribution is 2.28. The number of nitrogens with two attached hydrogens (primary N) is 1. The molecule has 3 nitrogen and oxygen atoms in total. The van der Waals surface area contributed by atoms with E-state index in [2.05, 4.69) is 10.4 Å². The molecule has 0 radical (unpaired) electrons. The first kappa shape index (κ1) is 11.6. The van der Waals surface area contributed by atoms with Crippen molar-refractivity contribution in [3.05, 3.63) is 32.4 Å². The summed E-state index contributed by atoms with van der Waals surface area (Å²) in [6.45, 7) is 2.00. The zero-order chi connectivity index (χ0) is 11.5. The molecule has 2 aromatic rings. The van der Waals surface area contributed by atoms with Crippen LogP contribution in [0.25, 0.3) is 0 Å². The smallest absolute Gasteiger partial charge is 0.129 e. The van der Waals surface area contributed by atoms with Crippen molar-refractivity contribution < 1.29 is 4.74 Å². The van der Waals surface area contributed by atoms with E-state index in [1.54, 1.807) is 29.8 Å². The molecular weight excluding hydrogens is 240 g/mol. The number of nitrogens with zero attached hydrogens (tertiary/aromatic N) is 1. The minimum absolute atomic E-state index is 0.0134. The van der Waals surface area contributed by atoms with Gasteiger partial charge in [-0.3, -0.25) is 0 Å². The van der Waals surface area contributed by atoms with Crippen LogP contribution in [0.15, 0.2) is 16.8 Å². The molecule has 2 aromatic heterocycles. The second-order valence-corrected chi connectivity index (χ2v) is 5.47. The monoisotopic (exact) mass is 254 g/mol. The standard InChI is InChI=1S/C11H14N2OS2/c1-7-5-16-11(13-7)4-9(12)10-3-8(14-2)6-15-10/h3,5-6,9H,4,12H2,1-2H3. The van der Waals surface area contributed by atoms with Gasteiger partial charge in [0.2, 0.25) is 0 Å². The van der Waals surface area contributed by atoms with Crippen LogP contribution < -0.4 is 10.5 Å². The fourth-order valence-electron chi connectivity index (χ4n) is 1.42. The summed E-state index contributed by atoms with van der Waals surface area (Å²) in [5.74, 6) is 0.880. The van der Waals surface area contributed by atoms with Crippen LogP contribution in [0, 0.1) is 6.92 Å². The van der Waals surface area contributed by atoms with Crippen LogP contribution in [0.5, 0.6) is 5.75 Å². The third-order valence-corrected chi connectivity index (χ3v) is 4.29. The van der Waals surface area contributed by atoms with Crippen molar-refractivity contribution >= 4 is 22.7 Å². The van der Waals surface area contributed by atoms with Gasteiger partial charge < -0.3 is 10.5 Å². The third kappa shape index (κ3) is 2.61. The number of aromatic nitrogens is 1. The highest BCUT2D eigenvalue weighted by Gasteiger charge is 2.12. The van der Waals surface area contributed by atoms with Crippen LogP contribution in [-0.4, -0.2) is 12.1 Å². The van der Waals surface area contributed by atoms with E-state index >= 15 is 0 Å². The molecule has 2 heterocycles. The molecule has 5 heteroatoms. The average Bonchev–Trinajstić information content (AvgIpc) is 2.87. The molecule has 1 atom stereocenters. The second kappa shape index (κ2) is 4.95. The number of methoxy groups -OCH3 is 1. The molecule has 0 aromatic carbocycles. The van der Waals surface area contributed by atoms with E-state index in [1.807, 2.05) is 18.4 Å². The van der Waals surface area contributed by atoms with Crippen molar-refractivity contribution in [2.75, 3.05) is 7.11 Å². The molecule has 0 aliphatic rings. The molecule has 0 saturated carbocycles. The van der Waals surface area contributed by atoms with Gasteiger partial charge in [-0.2, -0.15) is 0 Å². The van der Waals surface area contributed by atoms with E-state index in [0.29, 0.717) is 0 Å². The van der Waals surface area contributed by atoms with Gasteiger partial charge in [0.1, 0.15) is 5.75 Å². The minimum Gasteiger partial charge on any atom is -0.496 e.